The second-order valence-corrected chi connectivity index (χ2v) is 5.40. The molecule has 0 fully saturated rings. The summed E-state index contributed by atoms with van der Waals surface area (Å²) < 4.78 is 35.7. The van der Waals surface area contributed by atoms with Crippen LogP contribution in [0.15, 0.2) is 55.0 Å². The summed E-state index contributed by atoms with van der Waals surface area (Å²) in [5.41, 5.74) is 1.09. The molecule has 1 aromatic carbocycles. The molecule has 7 nitrogen and oxygen atoms in total. The second kappa shape index (κ2) is 8.26. The number of carbonyl (C=O) groups excluding carboxylic acids is 1. The third kappa shape index (κ3) is 4.57. The van der Waals surface area contributed by atoms with E-state index in [0.29, 0.717) is 5.82 Å². The summed E-state index contributed by atoms with van der Waals surface area (Å²) >= 11 is 0. The lowest BCUT2D eigenvalue weighted by Gasteiger charge is -2.12. The predicted molar refractivity (Wildman–Crippen MR) is 92.2 cm³/mol. The first-order chi connectivity index (χ1) is 13.1. The number of aromatic nitrogens is 3. The fourth-order valence-corrected chi connectivity index (χ4v) is 2.39. The van der Waals surface area contributed by atoms with Crippen molar-refractivity contribution in [2.24, 2.45) is 0 Å². The van der Waals surface area contributed by atoms with Gasteiger partial charge in [0, 0.05) is 30.7 Å². The number of pyridine rings is 1. The van der Waals surface area contributed by atoms with Crippen molar-refractivity contribution in [3.8, 4) is 17.3 Å². The maximum atomic E-state index is 12.4. The number of amides is 1. The van der Waals surface area contributed by atoms with Crippen LogP contribution in [0.2, 0.25) is 0 Å². The topological polar surface area (TPSA) is 78.3 Å². The molecule has 1 N–H and O–H groups in total. The smallest absolute Gasteiger partial charge is 0.387 e. The van der Waals surface area contributed by atoms with Crippen LogP contribution in [0.4, 0.5) is 8.78 Å². The van der Waals surface area contributed by atoms with Crippen molar-refractivity contribution in [3.63, 3.8) is 0 Å². The average molecular weight is 374 g/mol. The summed E-state index contributed by atoms with van der Waals surface area (Å²) in [5, 5.41) is 6.86. The van der Waals surface area contributed by atoms with Crippen molar-refractivity contribution in [2.75, 3.05) is 7.11 Å². The Kier molecular flexibility index (Phi) is 5.60. The zero-order chi connectivity index (χ0) is 19.2. The van der Waals surface area contributed by atoms with Crippen LogP contribution in [0.25, 0.3) is 5.82 Å². The molecule has 2 heterocycles. The molecule has 0 radical (unpaired) electrons. The number of alkyl halides is 2. The van der Waals surface area contributed by atoms with Crippen LogP contribution >= 0.6 is 0 Å². The zero-order valence-electron chi connectivity index (χ0n) is 14.3. The number of hydrogen-bond donors (Lipinski definition) is 1. The number of nitrogens with one attached hydrogen (secondary N) is 1. The molecule has 9 heteroatoms. The van der Waals surface area contributed by atoms with Crippen LogP contribution in [0.5, 0.6) is 11.5 Å². The molecule has 0 saturated carbocycles. The fraction of sp³-hybridized carbons (Fsp3) is 0.167. The van der Waals surface area contributed by atoms with Gasteiger partial charge in [0.25, 0.3) is 5.91 Å². The van der Waals surface area contributed by atoms with Crippen molar-refractivity contribution in [1.29, 1.82) is 0 Å². The van der Waals surface area contributed by atoms with Gasteiger partial charge in [-0.15, -0.1) is 0 Å². The molecule has 0 spiro atoms. The maximum Gasteiger partial charge on any atom is 0.387 e. The predicted octanol–water partition coefficient (Wildman–Crippen LogP) is 2.81. The minimum absolute atomic E-state index is 0.0489. The Balaban J connectivity index is 1.68. The number of hydrogen-bond acceptors (Lipinski definition) is 5. The van der Waals surface area contributed by atoms with Crippen molar-refractivity contribution < 1.29 is 23.0 Å². The van der Waals surface area contributed by atoms with Crippen LogP contribution in [-0.2, 0) is 6.54 Å². The van der Waals surface area contributed by atoms with Crippen molar-refractivity contribution in [2.45, 2.75) is 13.2 Å². The lowest BCUT2D eigenvalue weighted by Crippen LogP contribution is -2.23. The van der Waals surface area contributed by atoms with Crippen LogP contribution < -0.4 is 14.8 Å². The van der Waals surface area contributed by atoms with Gasteiger partial charge in [-0.2, -0.15) is 13.9 Å². The Morgan fingerprint density at radius 3 is 2.78 bits per heavy atom. The Morgan fingerprint density at radius 2 is 2.07 bits per heavy atom. The minimum atomic E-state index is -2.98. The molecule has 0 saturated heterocycles. The maximum absolute atomic E-state index is 12.4. The summed E-state index contributed by atoms with van der Waals surface area (Å²) in [6, 6.07) is 9.35. The highest BCUT2D eigenvalue weighted by molar-refractivity contribution is 5.94. The van der Waals surface area contributed by atoms with E-state index in [1.807, 2.05) is 0 Å². The number of halogens is 2. The first kappa shape index (κ1) is 18.3. The van der Waals surface area contributed by atoms with Gasteiger partial charge in [-0.25, -0.2) is 9.67 Å². The number of methoxy groups -OCH3 is 1. The third-order valence-corrected chi connectivity index (χ3v) is 3.64. The van der Waals surface area contributed by atoms with Gasteiger partial charge in [0.1, 0.15) is 0 Å². The molecular formula is C18H16F2N4O3. The number of ether oxygens (including phenoxy) is 2. The molecular weight excluding hydrogens is 358 g/mol. The number of carbonyl (C=O) groups is 1. The Morgan fingerprint density at radius 1 is 1.22 bits per heavy atom. The third-order valence-electron chi connectivity index (χ3n) is 3.64. The molecule has 0 aliphatic carbocycles. The molecule has 3 aromatic rings. The Bertz CT molecular complexity index is 917. The summed E-state index contributed by atoms with van der Waals surface area (Å²) in [6.45, 7) is -2.72. The monoisotopic (exact) mass is 374 g/mol. The van der Waals surface area contributed by atoms with Gasteiger partial charge in [-0.05, 0) is 42.0 Å². The first-order valence-corrected chi connectivity index (χ1v) is 7.93. The molecule has 27 heavy (non-hydrogen) atoms. The van der Waals surface area contributed by atoms with E-state index in [2.05, 4.69) is 20.1 Å². The van der Waals surface area contributed by atoms with Crippen molar-refractivity contribution >= 4 is 5.91 Å². The molecule has 0 aliphatic rings. The summed E-state index contributed by atoms with van der Waals surface area (Å²) in [7, 11) is 1.31. The van der Waals surface area contributed by atoms with Gasteiger partial charge in [0.2, 0.25) is 0 Å². The van der Waals surface area contributed by atoms with Gasteiger partial charge in [0.05, 0.1) is 7.11 Å². The highest BCUT2D eigenvalue weighted by Gasteiger charge is 2.14. The lowest BCUT2D eigenvalue weighted by atomic mass is 10.1. The second-order valence-electron chi connectivity index (χ2n) is 5.40. The molecule has 1 amide bonds. The molecule has 0 atom stereocenters. The molecule has 0 aliphatic heterocycles. The largest absolute Gasteiger partial charge is 0.493 e. The van der Waals surface area contributed by atoms with Crippen LogP contribution in [-0.4, -0.2) is 34.4 Å². The van der Waals surface area contributed by atoms with Gasteiger partial charge >= 0.3 is 6.61 Å². The first-order valence-electron chi connectivity index (χ1n) is 7.93. The van der Waals surface area contributed by atoms with Gasteiger partial charge in [-0.1, -0.05) is 0 Å². The SMILES string of the molecule is COc1cc(C(=O)NCc2ccnc(-n3cccn3)c2)ccc1OC(F)F. The van der Waals surface area contributed by atoms with Crippen molar-refractivity contribution in [1.82, 2.24) is 20.1 Å². The molecule has 0 unspecified atom stereocenters. The van der Waals surface area contributed by atoms with Crippen molar-refractivity contribution in [3.05, 3.63) is 66.1 Å². The summed E-state index contributed by atoms with van der Waals surface area (Å²) in [5.74, 6) is 0.158. The fourth-order valence-electron chi connectivity index (χ4n) is 2.39. The van der Waals surface area contributed by atoms with E-state index in [4.69, 9.17) is 4.74 Å². The zero-order valence-corrected chi connectivity index (χ0v) is 14.3. The number of nitrogens with zero attached hydrogens (tertiary/aromatic N) is 3. The molecule has 0 bridgehead atoms. The van der Waals surface area contributed by atoms with E-state index < -0.39 is 6.61 Å². The van der Waals surface area contributed by atoms with Crippen LogP contribution in [0.1, 0.15) is 15.9 Å². The molecule has 3 rings (SSSR count). The van der Waals surface area contributed by atoms with E-state index in [0.717, 1.165) is 5.56 Å². The van der Waals surface area contributed by atoms with E-state index in [9.17, 15) is 13.6 Å². The Hall–Kier alpha value is -3.49. The standard InChI is InChI=1S/C18H16F2N4O3/c1-26-15-10-13(3-4-14(15)27-18(19)20)17(25)22-11-12-5-7-21-16(9-12)24-8-2-6-23-24/h2-10,18H,11H2,1H3,(H,22,25). The van der Waals surface area contributed by atoms with E-state index >= 15 is 0 Å². The quantitative estimate of drug-likeness (QED) is 0.688. The van der Waals surface area contributed by atoms with Gasteiger partial charge in [0.15, 0.2) is 17.3 Å². The normalized spacial score (nSPS) is 10.7. The lowest BCUT2D eigenvalue weighted by molar-refractivity contribution is -0.0512. The molecule has 2 aromatic heterocycles. The average Bonchev–Trinajstić information content (AvgIpc) is 3.21. The van der Waals surface area contributed by atoms with E-state index in [-0.39, 0.29) is 29.5 Å². The summed E-state index contributed by atoms with van der Waals surface area (Å²) in [4.78, 5) is 16.6. The van der Waals surface area contributed by atoms with E-state index in [1.54, 1.807) is 41.5 Å². The van der Waals surface area contributed by atoms with Gasteiger partial charge < -0.3 is 14.8 Å². The Labute approximate surface area is 153 Å². The van der Waals surface area contributed by atoms with E-state index in [1.165, 1.54) is 25.3 Å². The highest BCUT2D eigenvalue weighted by atomic mass is 19.3. The van der Waals surface area contributed by atoms with Crippen LogP contribution in [0, 0.1) is 0 Å². The highest BCUT2D eigenvalue weighted by Crippen LogP contribution is 2.29. The minimum Gasteiger partial charge on any atom is -0.493 e. The summed E-state index contributed by atoms with van der Waals surface area (Å²) in [6.07, 6.45) is 5.03. The number of benzene rings is 1. The van der Waals surface area contributed by atoms with Crippen LogP contribution in [0.3, 0.4) is 0 Å². The molecule has 140 valence electrons. The van der Waals surface area contributed by atoms with Gasteiger partial charge in [-0.3, -0.25) is 4.79 Å². The number of rotatable bonds is 7.